The Hall–Kier alpha value is -3.14. The molecule has 2 N–H and O–H groups in total. The molecule has 3 heterocycles. The first kappa shape index (κ1) is 17.0. The molecule has 144 valence electrons. The van der Waals surface area contributed by atoms with Crippen molar-refractivity contribution in [3.63, 3.8) is 0 Å². The van der Waals surface area contributed by atoms with Crippen LogP contribution in [0.15, 0.2) is 54.9 Å². The van der Waals surface area contributed by atoms with Gasteiger partial charge in [-0.05, 0) is 47.7 Å². The van der Waals surface area contributed by atoms with Gasteiger partial charge in [-0.3, -0.25) is 4.79 Å². The molecule has 0 unspecified atom stereocenters. The lowest BCUT2D eigenvalue weighted by molar-refractivity contribution is 0.0930. The molecule has 4 nitrogen and oxygen atoms in total. The Morgan fingerprint density at radius 2 is 2.00 bits per heavy atom. The summed E-state index contributed by atoms with van der Waals surface area (Å²) < 4.78 is 0. The molecule has 1 amide bonds. The molecule has 3 aromatic rings. The summed E-state index contributed by atoms with van der Waals surface area (Å²) in [6.07, 6.45) is 12.8. The van der Waals surface area contributed by atoms with Crippen LogP contribution in [0, 0.1) is 0 Å². The van der Waals surface area contributed by atoms with Crippen molar-refractivity contribution in [1.82, 2.24) is 15.3 Å². The van der Waals surface area contributed by atoms with E-state index < -0.39 is 0 Å². The zero-order chi connectivity index (χ0) is 19.3. The van der Waals surface area contributed by atoms with Crippen LogP contribution >= 0.6 is 0 Å². The molecule has 1 aliphatic heterocycles. The van der Waals surface area contributed by atoms with Gasteiger partial charge in [0.05, 0.1) is 0 Å². The summed E-state index contributed by atoms with van der Waals surface area (Å²) >= 11 is 0. The molecule has 0 fully saturated rings. The number of aromatic amines is 1. The standard InChI is InChI=1S/C24H23N3O.2H2/c1-24(2)14-27-23(28)18-9-8-16(11-21(18)24)20-13-26-22-19(20)10-17(12-25-22)15-6-4-3-5-7-15;;/h4,6-13H,3,5,14H2,1-2H3,(H,25,26)(H,27,28);2*1H. The largest absolute Gasteiger partial charge is 0.351 e. The number of fused-ring (bicyclic) bond motifs is 2. The van der Waals surface area contributed by atoms with Crippen molar-refractivity contribution in [3.8, 4) is 11.1 Å². The van der Waals surface area contributed by atoms with E-state index in [4.69, 9.17) is 0 Å². The van der Waals surface area contributed by atoms with Crippen LogP contribution in [0.2, 0.25) is 0 Å². The van der Waals surface area contributed by atoms with Crippen LogP contribution in [0.4, 0.5) is 0 Å². The molecule has 4 heteroatoms. The van der Waals surface area contributed by atoms with Gasteiger partial charge in [0, 0.05) is 49.3 Å². The van der Waals surface area contributed by atoms with Crippen LogP contribution in [-0.4, -0.2) is 22.4 Å². The number of nitrogens with zero attached hydrogens (tertiary/aromatic N) is 1. The highest BCUT2D eigenvalue weighted by Gasteiger charge is 2.31. The van der Waals surface area contributed by atoms with E-state index in [2.05, 4.69) is 59.5 Å². The number of carbonyl (C=O) groups is 1. The van der Waals surface area contributed by atoms with Gasteiger partial charge in [0.1, 0.15) is 5.65 Å². The molecule has 0 radical (unpaired) electrons. The maximum absolute atomic E-state index is 12.3. The number of aromatic nitrogens is 2. The predicted octanol–water partition coefficient (Wildman–Crippen LogP) is 5.48. The van der Waals surface area contributed by atoms with Gasteiger partial charge in [0.2, 0.25) is 0 Å². The van der Waals surface area contributed by atoms with Crippen LogP contribution in [0.5, 0.6) is 0 Å². The third-order valence-electron chi connectivity index (χ3n) is 5.85. The van der Waals surface area contributed by atoms with E-state index in [1.165, 1.54) is 5.57 Å². The molecule has 2 aromatic heterocycles. The molecule has 28 heavy (non-hydrogen) atoms. The first-order chi connectivity index (χ1) is 13.5. The number of amides is 1. The average Bonchev–Trinajstić information content (AvgIpc) is 3.15. The van der Waals surface area contributed by atoms with Gasteiger partial charge in [-0.1, -0.05) is 38.1 Å². The fraction of sp³-hybridized carbons (Fsp3) is 0.250. The molecule has 0 saturated carbocycles. The lowest BCUT2D eigenvalue weighted by Gasteiger charge is -2.32. The summed E-state index contributed by atoms with van der Waals surface area (Å²) in [5.41, 5.74) is 7.27. The number of benzene rings is 1. The Morgan fingerprint density at radius 1 is 1.11 bits per heavy atom. The maximum Gasteiger partial charge on any atom is 0.251 e. The van der Waals surface area contributed by atoms with Crippen molar-refractivity contribution in [2.75, 3.05) is 6.54 Å². The van der Waals surface area contributed by atoms with Crippen LogP contribution < -0.4 is 5.32 Å². The molecule has 1 aromatic carbocycles. The van der Waals surface area contributed by atoms with E-state index in [-0.39, 0.29) is 14.2 Å². The summed E-state index contributed by atoms with van der Waals surface area (Å²) in [6, 6.07) is 8.37. The van der Waals surface area contributed by atoms with Gasteiger partial charge in [-0.15, -0.1) is 0 Å². The summed E-state index contributed by atoms with van der Waals surface area (Å²) in [5.74, 6) is 0.0137. The van der Waals surface area contributed by atoms with Crippen LogP contribution in [-0.2, 0) is 5.41 Å². The predicted molar refractivity (Wildman–Crippen MR) is 117 cm³/mol. The Morgan fingerprint density at radius 3 is 2.82 bits per heavy atom. The Labute approximate surface area is 167 Å². The highest BCUT2D eigenvalue weighted by Crippen LogP contribution is 2.36. The van der Waals surface area contributed by atoms with Crippen LogP contribution in [0.25, 0.3) is 27.7 Å². The second-order valence-electron chi connectivity index (χ2n) is 8.29. The zero-order valence-corrected chi connectivity index (χ0v) is 16.2. The first-order valence-corrected chi connectivity index (χ1v) is 9.80. The lowest BCUT2D eigenvalue weighted by Crippen LogP contribution is -2.43. The Kier molecular flexibility index (Phi) is 3.76. The van der Waals surface area contributed by atoms with E-state index in [1.807, 2.05) is 24.5 Å². The Balaban J connectivity index is 0.00000128. The maximum atomic E-state index is 12.3. The van der Waals surface area contributed by atoms with Gasteiger partial charge < -0.3 is 10.3 Å². The lowest BCUT2D eigenvalue weighted by atomic mass is 9.78. The van der Waals surface area contributed by atoms with E-state index in [1.54, 1.807) is 0 Å². The van der Waals surface area contributed by atoms with Crippen LogP contribution in [0.1, 0.15) is 51.0 Å². The molecule has 2 aliphatic rings. The molecule has 0 spiro atoms. The number of carbonyl (C=O) groups excluding carboxylic acids is 1. The minimum absolute atomic E-state index is 0. The molecule has 1 aliphatic carbocycles. The smallest absolute Gasteiger partial charge is 0.251 e. The monoisotopic (exact) mass is 373 g/mol. The van der Waals surface area contributed by atoms with Crippen molar-refractivity contribution >= 4 is 22.5 Å². The highest BCUT2D eigenvalue weighted by molar-refractivity contribution is 6.00. The fourth-order valence-corrected chi connectivity index (χ4v) is 4.19. The Bertz CT molecular complexity index is 1170. The summed E-state index contributed by atoms with van der Waals surface area (Å²) in [4.78, 5) is 20.2. The molecule has 0 bridgehead atoms. The van der Waals surface area contributed by atoms with E-state index in [9.17, 15) is 4.79 Å². The number of pyridine rings is 1. The number of nitrogens with one attached hydrogen (secondary N) is 2. The number of rotatable bonds is 2. The third-order valence-corrected chi connectivity index (χ3v) is 5.85. The number of H-pyrrole nitrogens is 1. The second kappa shape index (κ2) is 6.20. The zero-order valence-electron chi connectivity index (χ0n) is 16.2. The molecule has 0 atom stereocenters. The van der Waals surface area contributed by atoms with Crippen molar-refractivity contribution in [2.24, 2.45) is 0 Å². The summed E-state index contributed by atoms with van der Waals surface area (Å²) in [5, 5.41) is 4.10. The third kappa shape index (κ3) is 2.68. The van der Waals surface area contributed by atoms with Crippen molar-refractivity contribution in [1.29, 1.82) is 0 Å². The van der Waals surface area contributed by atoms with Gasteiger partial charge >= 0.3 is 0 Å². The fourth-order valence-electron chi connectivity index (χ4n) is 4.19. The summed E-state index contributed by atoms with van der Waals surface area (Å²) in [6.45, 7) is 5.00. The van der Waals surface area contributed by atoms with Gasteiger partial charge in [-0.2, -0.15) is 0 Å². The van der Waals surface area contributed by atoms with Gasteiger partial charge in [-0.25, -0.2) is 4.98 Å². The number of allylic oxidation sites excluding steroid dienone is 4. The van der Waals surface area contributed by atoms with Crippen molar-refractivity contribution in [2.45, 2.75) is 32.1 Å². The molecular formula is C24H27N3O. The van der Waals surface area contributed by atoms with E-state index in [0.717, 1.165) is 51.7 Å². The quantitative estimate of drug-likeness (QED) is 0.625. The van der Waals surface area contributed by atoms with E-state index >= 15 is 0 Å². The van der Waals surface area contributed by atoms with E-state index in [0.29, 0.717) is 6.54 Å². The second-order valence-corrected chi connectivity index (χ2v) is 8.29. The number of hydrogen-bond donors (Lipinski definition) is 2. The van der Waals surface area contributed by atoms with Crippen LogP contribution in [0.3, 0.4) is 0 Å². The number of hydrogen-bond acceptors (Lipinski definition) is 2. The normalized spacial score (nSPS) is 17.9. The topological polar surface area (TPSA) is 57.8 Å². The van der Waals surface area contributed by atoms with Gasteiger partial charge in [0.25, 0.3) is 5.91 Å². The first-order valence-electron chi connectivity index (χ1n) is 9.80. The molecule has 5 rings (SSSR count). The minimum Gasteiger partial charge on any atom is -0.351 e. The average molecular weight is 374 g/mol. The summed E-state index contributed by atoms with van der Waals surface area (Å²) in [7, 11) is 0. The minimum atomic E-state index is -0.0908. The van der Waals surface area contributed by atoms with Crippen molar-refractivity contribution < 1.29 is 7.65 Å². The molecule has 0 saturated heterocycles. The SMILES string of the molecule is CC1(C)CNC(=O)c2ccc(-c3c[nH]c4ncc(C5=CCCC=C5)cc34)cc21.[HH].[HH]. The van der Waals surface area contributed by atoms with Gasteiger partial charge in [0.15, 0.2) is 0 Å². The highest BCUT2D eigenvalue weighted by atomic mass is 16.1. The molecular weight excluding hydrogens is 346 g/mol. The van der Waals surface area contributed by atoms with Crippen molar-refractivity contribution in [3.05, 3.63) is 71.6 Å².